The zero-order chi connectivity index (χ0) is 25.4. The van der Waals surface area contributed by atoms with Crippen molar-refractivity contribution < 1.29 is 22.8 Å². The van der Waals surface area contributed by atoms with E-state index in [1.165, 1.54) is 17.0 Å². The van der Waals surface area contributed by atoms with Crippen molar-refractivity contribution in [2.24, 2.45) is 5.41 Å². The number of halogens is 3. The van der Waals surface area contributed by atoms with Crippen molar-refractivity contribution >= 4 is 17.6 Å². The van der Waals surface area contributed by atoms with Gasteiger partial charge in [0, 0.05) is 45.5 Å². The second-order valence-corrected chi connectivity index (χ2v) is 10.3. The molecule has 2 saturated heterocycles. The quantitative estimate of drug-likeness (QED) is 0.694. The molecule has 4 rings (SSSR count). The van der Waals surface area contributed by atoms with Gasteiger partial charge in [0.05, 0.1) is 17.2 Å². The highest BCUT2D eigenvalue weighted by molar-refractivity contribution is 5.86. The summed E-state index contributed by atoms with van der Waals surface area (Å²) in [4.78, 5) is 30.8. The molecule has 190 valence electrons. The van der Waals surface area contributed by atoms with Crippen molar-refractivity contribution in [2.75, 3.05) is 38.6 Å². The first-order valence-corrected chi connectivity index (χ1v) is 12.2. The molecule has 1 N–H and O–H groups in total. The minimum absolute atomic E-state index is 0.0515. The molecule has 1 atom stereocenters. The lowest BCUT2D eigenvalue weighted by Crippen LogP contribution is -2.50. The Kier molecular flexibility index (Phi) is 6.89. The Hall–Kier alpha value is -2.96. The van der Waals surface area contributed by atoms with E-state index in [-0.39, 0.29) is 29.1 Å². The summed E-state index contributed by atoms with van der Waals surface area (Å²) in [7, 11) is 3.28. The van der Waals surface area contributed by atoms with Gasteiger partial charge in [-0.25, -0.2) is 4.79 Å². The summed E-state index contributed by atoms with van der Waals surface area (Å²) < 4.78 is 40.8. The number of rotatable bonds is 3. The van der Waals surface area contributed by atoms with Crippen LogP contribution in [0.3, 0.4) is 0 Å². The molecule has 2 aliphatic heterocycles. The standard InChI is InChI=1S/C25H32F3N5O2/c1-31(2)22(34)21-14-24(9-11-32(12-10-24)23(35)30-18-5-3-4-6-18)16-33(21)19-8-7-17(15-29)20(13-19)25(26,27)28/h7-8,13,18,21H,3-6,9-12,14,16H2,1-2H3,(H,30,35). The van der Waals surface area contributed by atoms with Gasteiger partial charge in [0.25, 0.3) is 0 Å². The number of nitrogens with zero attached hydrogens (tertiary/aromatic N) is 4. The van der Waals surface area contributed by atoms with Crippen LogP contribution in [-0.2, 0) is 11.0 Å². The highest BCUT2D eigenvalue weighted by Gasteiger charge is 2.49. The Bertz CT molecular complexity index is 1010. The minimum Gasteiger partial charge on any atom is -0.359 e. The van der Waals surface area contributed by atoms with Crippen LogP contribution in [0.25, 0.3) is 0 Å². The number of carbonyl (C=O) groups excluding carboxylic acids is 2. The molecule has 0 radical (unpaired) electrons. The van der Waals surface area contributed by atoms with E-state index < -0.39 is 23.3 Å². The highest BCUT2D eigenvalue weighted by Crippen LogP contribution is 2.46. The molecule has 1 unspecified atom stereocenters. The molecule has 3 amide bonds. The second kappa shape index (κ2) is 9.59. The minimum atomic E-state index is -4.67. The van der Waals surface area contributed by atoms with Crippen molar-refractivity contribution in [1.82, 2.24) is 15.1 Å². The van der Waals surface area contributed by atoms with E-state index >= 15 is 0 Å². The fourth-order valence-electron chi connectivity index (χ4n) is 5.77. The number of nitrogens with one attached hydrogen (secondary N) is 1. The first kappa shape index (κ1) is 25.1. The third-order valence-electron chi connectivity index (χ3n) is 7.79. The van der Waals surface area contributed by atoms with Crippen LogP contribution in [0.2, 0.25) is 0 Å². The van der Waals surface area contributed by atoms with Gasteiger partial charge in [-0.3, -0.25) is 4.79 Å². The molecule has 1 spiro atoms. The predicted molar refractivity (Wildman–Crippen MR) is 125 cm³/mol. The van der Waals surface area contributed by atoms with E-state index in [1.807, 2.05) is 4.90 Å². The van der Waals surface area contributed by atoms with Crippen LogP contribution in [0.1, 0.15) is 56.1 Å². The van der Waals surface area contributed by atoms with Gasteiger partial charge in [0.2, 0.25) is 5.91 Å². The molecule has 35 heavy (non-hydrogen) atoms. The predicted octanol–water partition coefficient (Wildman–Crippen LogP) is 3.98. The van der Waals surface area contributed by atoms with E-state index in [0.29, 0.717) is 38.9 Å². The van der Waals surface area contributed by atoms with Gasteiger partial charge >= 0.3 is 12.2 Å². The van der Waals surface area contributed by atoms with Gasteiger partial charge in [-0.2, -0.15) is 18.4 Å². The molecular weight excluding hydrogens is 459 g/mol. The average molecular weight is 492 g/mol. The van der Waals surface area contributed by atoms with E-state index in [0.717, 1.165) is 31.7 Å². The van der Waals surface area contributed by atoms with Crippen molar-refractivity contribution in [3.8, 4) is 6.07 Å². The molecule has 1 aliphatic carbocycles. The van der Waals surface area contributed by atoms with Crippen LogP contribution in [0, 0.1) is 16.7 Å². The number of carbonyl (C=O) groups is 2. The molecular formula is C25H32F3N5O2. The number of likely N-dealkylation sites (N-methyl/N-ethyl adjacent to an activating group) is 1. The van der Waals surface area contributed by atoms with Crippen LogP contribution in [0.15, 0.2) is 18.2 Å². The number of alkyl halides is 3. The highest BCUT2D eigenvalue weighted by atomic mass is 19.4. The third kappa shape index (κ3) is 5.19. The maximum atomic E-state index is 13.6. The molecule has 0 aromatic heterocycles. The Morgan fingerprint density at radius 1 is 1.17 bits per heavy atom. The molecule has 1 aromatic rings. The first-order chi connectivity index (χ1) is 16.5. The summed E-state index contributed by atoms with van der Waals surface area (Å²) in [6.45, 7) is 1.53. The smallest absolute Gasteiger partial charge is 0.359 e. The summed E-state index contributed by atoms with van der Waals surface area (Å²) in [5.41, 5.74) is -1.41. The van der Waals surface area contributed by atoms with Crippen LogP contribution < -0.4 is 10.2 Å². The van der Waals surface area contributed by atoms with Gasteiger partial charge in [0.15, 0.2) is 0 Å². The maximum absolute atomic E-state index is 13.6. The normalized spacial score (nSPS) is 22.3. The fraction of sp³-hybridized carbons (Fsp3) is 0.640. The van der Waals surface area contributed by atoms with Gasteiger partial charge in [-0.05, 0) is 55.7 Å². The first-order valence-electron chi connectivity index (χ1n) is 12.2. The lowest BCUT2D eigenvalue weighted by atomic mass is 9.76. The summed E-state index contributed by atoms with van der Waals surface area (Å²) in [6.07, 6.45) is 1.51. The Morgan fingerprint density at radius 2 is 1.83 bits per heavy atom. The van der Waals surface area contributed by atoms with E-state index in [2.05, 4.69) is 5.32 Å². The number of anilines is 1. The number of hydrogen-bond acceptors (Lipinski definition) is 4. The average Bonchev–Trinajstić information content (AvgIpc) is 3.46. The maximum Gasteiger partial charge on any atom is 0.417 e. The van der Waals surface area contributed by atoms with Gasteiger partial charge in [0.1, 0.15) is 6.04 Å². The van der Waals surface area contributed by atoms with Crippen LogP contribution in [-0.4, -0.2) is 67.6 Å². The van der Waals surface area contributed by atoms with E-state index in [4.69, 9.17) is 5.26 Å². The van der Waals surface area contributed by atoms with Crippen molar-refractivity contribution in [3.05, 3.63) is 29.3 Å². The molecule has 3 aliphatic rings. The molecule has 7 nitrogen and oxygen atoms in total. The molecule has 1 aromatic carbocycles. The molecule has 3 fully saturated rings. The van der Waals surface area contributed by atoms with Crippen molar-refractivity contribution in [3.63, 3.8) is 0 Å². The van der Waals surface area contributed by atoms with Crippen molar-refractivity contribution in [1.29, 1.82) is 5.26 Å². The number of piperidine rings is 1. The second-order valence-electron chi connectivity index (χ2n) is 10.3. The number of urea groups is 1. The lowest BCUT2D eigenvalue weighted by molar-refractivity contribution is -0.137. The van der Waals surface area contributed by atoms with Crippen LogP contribution >= 0.6 is 0 Å². The SMILES string of the molecule is CN(C)C(=O)C1CC2(CCN(C(=O)NC3CCCC3)CC2)CN1c1ccc(C#N)c(C(F)(F)F)c1. The summed E-state index contributed by atoms with van der Waals surface area (Å²) >= 11 is 0. The fourth-order valence-corrected chi connectivity index (χ4v) is 5.77. The zero-order valence-corrected chi connectivity index (χ0v) is 20.2. The number of benzene rings is 1. The molecule has 1 saturated carbocycles. The molecule has 10 heteroatoms. The largest absolute Gasteiger partial charge is 0.417 e. The Labute approximate surface area is 203 Å². The van der Waals surface area contributed by atoms with Crippen LogP contribution in [0.5, 0.6) is 0 Å². The molecule has 2 heterocycles. The Morgan fingerprint density at radius 3 is 2.40 bits per heavy atom. The number of nitriles is 1. The van der Waals surface area contributed by atoms with Crippen LogP contribution in [0.4, 0.5) is 23.7 Å². The third-order valence-corrected chi connectivity index (χ3v) is 7.79. The summed E-state index contributed by atoms with van der Waals surface area (Å²) in [5.74, 6) is -0.166. The monoisotopic (exact) mass is 491 g/mol. The van der Waals surface area contributed by atoms with Gasteiger partial charge in [-0.1, -0.05) is 12.8 Å². The zero-order valence-electron chi connectivity index (χ0n) is 20.2. The summed E-state index contributed by atoms with van der Waals surface area (Å²) in [5, 5.41) is 12.3. The Balaban J connectivity index is 1.54. The number of amides is 3. The van der Waals surface area contributed by atoms with E-state index in [9.17, 15) is 22.8 Å². The summed E-state index contributed by atoms with van der Waals surface area (Å²) in [6, 6.07) is 4.85. The van der Waals surface area contributed by atoms with Crippen molar-refractivity contribution in [2.45, 2.75) is 63.2 Å². The number of hydrogen-bond donors (Lipinski definition) is 1. The lowest BCUT2D eigenvalue weighted by Gasteiger charge is -2.39. The number of likely N-dealkylation sites (tertiary alicyclic amines) is 1. The topological polar surface area (TPSA) is 79.7 Å². The molecule has 0 bridgehead atoms. The van der Waals surface area contributed by atoms with Gasteiger partial charge < -0.3 is 20.0 Å². The van der Waals surface area contributed by atoms with E-state index in [1.54, 1.807) is 25.1 Å². The van der Waals surface area contributed by atoms with Gasteiger partial charge in [-0.15, -0.1) is 0 Å².